The second-order valence-electron chi connectivity index (χ2n) is 3.97. The minimum absolute atomic E-state index is 0.504. The predicted octanol–water partition coefficient (Wildman–Crippen LogP) is 0.694. The highest BCUT2D eigenvalue weighted by molar-refractivity contribution is 7.86. The van der Waals surface area contributed by atoms with Crippen LogP contribution in [0.3, 0.4) is 0 Å². The van der Waals surface area contributed by atoms with Crippen LogP contribution < -0.4 is 0 Å². The van der Waals surface area contributed by atoms with E-state index in [1.807, 2.05) is 0 Å². The lowest BCUT2D eigenvalue weighted by Gasteiger charge is -2.14. The van der Waals surface area contributed by atoms with E-state index < -0.39 is 22.0 Å². The van der Waals surface area contributed by atoms with Gasteiger partial charge in [0.2, 0.25) is 0 Å². The fourth-order valence-electron chi connectivity index (χ4n) is 1.73. The third-order valence-electron chi connectivity index (χ3n) is 2.76. The molecule has 0 saturated carbocycles. The summed E-state index contributed by atoms with van der Waals surface area (Å²) < 4.78 is 11.5. The van der Waals surface area contributed by atoms with Crippen molar-refractivity contribution in [1.82, 2.24) is 4.90 Å². The minimum Gasteiger partial charge on any atom is -0.480 e. The molecule has 2 atom stereocenters. The molecule has 1 N–H and O–H groups in total. The molecule has 4 nitrogen and oxygen atoms in total. The van der Waals surface area contributed by atoms with Gasteiger partial charge in [0.1, 0.15) is 5.25 Å². The Morgan fingerprint density at radius 1 is 1.47 bits per heavy atom. The fraction of sp³-hybridized carbons (Fsp3) is 0.900. The van der Waals surface area contributed by atoms with Crippen molar-refractivity contribution in [3.8, 4) is 0 Å². The zero-order valence-corrected chi connectivity index (χ0v) is 9.96. The van der Waals surface area contributed by atoms with Gasteiger partial charge in [-0.3, -0.25) is 9.00 Å². The SMILES string of the molecule is CC(C(=O)O)S(=O)CCCN1CCCC1. The van der Waals surface area contributed by atoms with Crippen LogP contribution >= 0.6 is 0 Å². The molecule has 5 heteroatoms. The summed E-state index contributed by atoms with van der Waals surface area (Å²) in [6, 6.07) is 0. The highest BCUT2D eigenvalue weighted by Gasteiger charge is 2.19. The van der Waals surface area contributed by atoms with Crippen molar-refractivity contribution in [3.05, 3.63) is 0 Å². The number of carboxylic acids is 1. The molecule has 1 fully saturated rings. The summed E-state index contributed by atoms with van der Waals surface area (Å²) in [5.74, 6) is -0.459. The molecule has 0 amide bonds. The first-order valence-electron chi connectivity index (χ1n) is 5.43. The highest BCUT2D eigenvalue weighted by atomic mass is 32.2. The molecule has 1 aliphatic heterocycles. The van der Waals surface area contributed by atoms with E-state index in [0.717, 1.165) is 26.1 Å². The summed E-state index contributed by atoms with van der Waals surface area (Å²) in [6.45, 7) is 4.74. The average molecular weight is 233 g/mol. The Hall–Kier alpha value is -0.420. The summed E-state index contributed by atoms with van der Waals surface area (Å²) in [7, 11) is -1.22. The number of carboxylic acid groups (broad SMARTS) is 1. The summed E-state index contributed by atoms with van der Waals surface area (Å²) in [5, 5.41) is 7.93. The van der Waals surface area contributed by atoms with Gasteiger partial charge in [0.25, 0.3) is 0 Å². The second-order valence-corrected chi connectivity index (χ2v) is 5.84. The van der Waals surface area contributed by atoms with Crippen LogP contribution in [0, 0.1) is 0 Å². The molecule has 0 aromatic heterocycles. The van der Waals surface area contributed by atoms with Gasteiger partial charge in [-0.15, -0.1) is 0 Å². The van der Waals surface area contributed by atoms with Gasteiger partial charge >= 0.3 is 5.97 Å². The number of aliphatic carboxylic acids is 1. The topological polar surface area (TPSA) is 57.6 Å². The maximum atomic E-state index is 11.5. The zero-order chi connectivity index (χ0) is 11.3. The highest BCUT2D eigenvalue weighted by Crippen LogP contribution is 2.08. The van der Waals surface area contributed by atoms with Crippen LogP contribution in [0.25, 0.3) is 0 Å². The van der Waals surface area contributed by atoms with Crippen LogP contribution in [0.2, 0.25) is 0 Å². The molecular weight excluding hydrogens is 214 g/mol. The van der Waals surface area contributed by atoms with Crippen LogP contribution in [-0.4, -0.2) is 50.8 Å². The van der Waals surface area contributed by atoms with E-state index in [0.29, 0.717) is 5.75 Å². The van der Waals surface area contributed by atoms with E-state index in [-0.39, 0.29) is 0 Å². The first-order chi connectivity index (χ1) is 7.11. The van der Waals surface area contributed by atoms with Crippen molar-refractivity contribution in [2.45, 2.75) is 31.4 Å². The Balaban J connectivity index is 2.13. The quantitative estimate of drug-likeness (QED) is 0.733. The Bertz CT molecular complexity index is 239. The van der Waals surface area contributed by atoms with Crippen molar-refractivity contribution < 1.29 is 14.1 Å². The lowest BCUT2D eigenvalue weighted by molar-refractivity contribution is -0.136. The summed E-state index contributed by atoms with van der Waals surface area (Å²) in [6.07, 6.45) is 3.35. The number of hydrogen-bond donors (Lipinski definition) is 1. The first kappa shape index (κ1) is 12.6. The summed E-state index contributed by atoms with van der Waals surface area (Å²) in [5.41, 5.74) is 0. The zero-order valence-electron chi connectivity index (χ0n) is 9.15. The Morgan fingerprint density at radius 2 is 2.07 bits per heavy atom. The molecule has 0 radical (unpaired) electrons. The number of hydrogen-bond acceptors (Lipinski definition) is 3. The van der Waals surface area contributed by atoms with Crippen LogP contribution in [0.5, 0.6) is 0 Å². The van der Waals surface area contributed by atoms with Gasteiger partial charge in [-0.05, 0) is 45.8 Å². The molecule has 0 aromatic rings. The number of carbonyl (C=O) groups is 1. The van der Waals surface area contributed by atoms with Crippen molar-refractivity contribution in [2.24, 2.45) is 0 Å². The van der Waals surface area contributed by atoms with E-state index >= 15 is 0 Å². The summed E-state index contributed by atoms with van der Waals surface area (Å²) in [4.78, 5) is 12.9. The van der Waals surface area contributed by atoms with E-state index in [1.54, 1.807) is 0 Å². The molecule has 15 heavy (non-hydrogen) atoms. The first-order valence-corrected chi connectivity index (χ1v) is 6.82. The number of nitrogens with zero attached hydrogens (tertiary/aromatic N) is 1. The van der Waals surface area contributed by atoms with E-state index in [9.17, 15) is 9.00 Å². The molecule has 1 aliphatic rings. The minimum atomic E-state index is -1.22. The van der Waals surface area contributed by atoms with Crippen molar-refractivity contribution in [1.29, 1.82) is 0 Å². The van der Waals surface area contributed by atoms with Gasteiger partial charge in [-0.25, -0.2) is 0 Å². The molecule has 0 bridgehead atoms. The molecule has 1 heterocycles. The summed E-state index contributed by atoms with van der Waals surface area (Å²) >= 11 is 0. The van der Waals surface area contributed by atoms with Gasteiger partial charge in [0.05, 0.1) is 0 Å². The maximum Gasteiger partial charge on any atom is 0.318 e. The molecule has 0 aliphatic carbocycles. The van der Waals surface area contributed by atoms with Crippen LogP contribution in [0.1, 0.15) is 26.2 Å². The van der Waals surface area contributed by atoms with E-state index in [4.69, 9.17) is 5.11 Å². The largest absolute Gasteiger partial charge is 0.480 e. The molecule has 0 spiro atoms. The number of likely N-dealkylation sites (tertiary alicyclic amines) is 1. The smallest absolute Gasteiger partial charge is 0.318 e. The van der Waals surface area contributed by atoms with Gasteiger partial charge in [0.15, 0.2) is 0 Å². The maximum absolute atomic E-state index is 11.5. The Kier molecular flexibility index (Phi) is 5.25. The molecule has 1 saturated heterocycles. The monoisotopic (exact) mass is 233 g/mol. The van der Waals surface area contributed by atoms with Gasteiger partial charge in [-0.1, -0.05) is 0 Å². The van der Waals surface area contributed by atoms with Gasteiger partial charge in [0, 0.05) is 16.6 Å². The second kappa shape index (κ2) is 6.23. The van der Waals surface area contributed by atoms with E-state index in [2.05, 4.69) is 4.90 Å². The van der Waals surface area contributed by atoms with Crippen LogP contribution in [0.4, 0.5) is 0 Å². The van der Waals surface area contributed by atoms with Crippen LogP contribution in [-0.2, 0) is 15.6 Å². The van der Waals surface area contributed by atoms with Crippen molar-refractivity contribution in [3.63, 3.8) is 0 Å². The van der Waals surface area contributed by atoms with Gasteiger partial charge < -0.3 is 10.0 Å². The molecule has 2 unspecified atom stereocenters. The standard InChI is InChI=1S/C10H19NO3S/c1-9(10(12)13)15(14)8-4-7-11-5-2-3-6-11/h9H,2-8H2,1H3,(H,12,13). The van der Waals surface area contributed by atoms with Crippen molar-refractivity contribution >= 4 is 16.8 Å². The third-order valence-corrected chi connectivity index (χ3v) is 4.44. The number of rotatable bonds is 6. The van der Waals surface area contributed by atoms with Crippen LogP contribution in [0.15, 0.2) is 0 Å². The Labute approximate surface area is 93.1 Å². The average Bonchev–Trinajstić information content (AvgIpc) is 2.69. The van der Waals surface area contributed by atoms with Crippen molar-refractivity contribution in [2.75, 3.05) is 25.4 Å². The fourth-order valence-corrected chi connectivity index (χ4v) is 2.72. The lowest BCUT2D eigenvalue weighted by Crippen LogP contribution is -2.26. The molecule has 1 rings (SSSR count). The lowest BCUT2D eigenvalue weighted by atomic mass is 10.4. The molecule has 88 valence electrons. The Morgan fingerprint density at radius 3 is 2.60 bits per heavy atom. The van der Waals surface area contributed by atoms with Gasteiger partial charge in [-0.2, -0.15) is 0 Å². The predicted molar refractivity (Wildman–Crippen MR) is 60.4 cm³/mol. The third kappa shape index (κ3) is 4.30. The normalized spacial score (nSPS) is 21.4. The molecular formula is C10H19NO3S. The van der Waals surface area contributed by atoms with E-state index in [1.165, 1.54) is 19.8 Å². The molecule has 0 aromatic carbocycles.